The molecule has 1 heterocycles. The van der Waals surface area contributed by atoms with Crippen LogP contribution in [0.15, 0.2) is 0 Å². The minimum atomic E-state index is -1.07. The van der Waals surface area contributed by atoms with E-state index in [0.29, 0.717) is 10.6 Å². The van der Waals surface area contributed by atoms with Crippen molar-refractivity contribution >= 4 is 17.4 Å². The van der Waals surface area contributed by atoms with Crippen molar-refractivity contribution in [2.24, 2.45) is 0 Å². The van der Waals surface area contributed by atoms with Gasteiger partial charge in [-0.2, -0.15) is 0 Å². The number of carbonyl (C=O) groups excluding carboxylic acids is 1. The van der Waals surface area contributed by atoms with Crippen molar-refractivity contribution in [2.45, 2.75) is 19.4 Å². The van der Waals surface area contributed by atoms with Crippen molar-refractivity contribution in [1.82, 2.24) is 14.9 Å². The van der Waals surface area contributed by atoms with Crippen molar-refractivity contribution in [3.05, 3.63) is 10.6 Å². The molecule has 0 radical (unpaired) electrons. The van der Waals surface area contributed by atoms with E-state index in [1.165, 1.54) is 7.11 Å². The van der Waals surface area contributed by atoms with E-state index in [0.717, 1.165) is 11.5 Å². The fourth-order valence-corrected chi connectivity index (χ4v) is 1.73. The Kier molecular flexibility index (Phi) is 4.34. The molecule has 0 fully saturated rings. The van der Waals surface area contributed by atoms with Crippen LogP contribution in [0.4, 0.5) is 0 Å². The highest BCUT2D eigenvalue weighted by atomic mass is 32.1. The topological polar surface area (TPSA) is 84.3 Å². The molecule has 1 aromatic rings. The lowest BCUT2D eigenvalue weighted by molar-refractivity contribution is -0.0146. The van der Waals surface area contributed by atoms with E-state index < -0.39 is 5.60 Å². The highest BCUT2D eigenvalue weighted by Crippen LogP contribution is 2.09. The predicted octanol–water partition coefficient (Wildman–Crippen LogP) is -0.0263. The Morgan fingerprint density at radius 3 is 2.88 bits per heavy atom. The lowest BCUT2D eigenvalue weighted by Gasteiger charge is -2.22. The molecule has 0 saturated carbocycles. The lowest BCUT2D eigenvalue weighted by Crippen LogP contribution is -2.43. The molecule has 0 bridgehead atoms. The average Bonchev–Trinajstić information content (AvgIpc) is 2.61. The number of nitrogens with zero attached hydrogens (tertiary/aromatic N) is 2. The summed E-state index contributed by atoms with van der Waals surface area (Å²) in [6.07, 6.45) is 0. The van der Waals surface area contributed by atoms with Crippen LogP contribution in [-0.4, -0.2) is 46.5 Å². The van der Waals surface area contributed by atoms with E-state index in [1.54, 1.807) is 13.8 Å². The molecule has 7 heteroatoms. The quantitative estimate of drug-likeness (QED) is 0.761. The van der Waals surface area contributed by atoms with Crippen molar-refractivity contribution in [3.63, 3.8) is 0 Å². The van der Waals surface area contributed by atoms with Crippen molar-refractivity contribution < 1.29 is 14.6 Å². The van der Waals surface area contributed by atoms with Crippen LogP contribution in [-0.2, 0) is 4.74 Å². The minimum Gasteiger partial charge on any atom is -0.386 e. The van der Waals surface area contributed by atoms with Gasteiger partial charge in [0.15, 0.2) is 0 Å². The van der Waals surface area contributed by atoms with Crippen molar-refractivity contribution in [1.29, 1.82) is 0 Å². The van der Waals surface area contributed by atoms with Crippen LogP contribution < -0.4 is 5.32 Å². The van der Waals surface area contributed by atoms with E-state index in [1.807, 2.05) is 0 Å². The first-order valence-electron chi connectivity index (χ1n) is 4.75. The number of aryl methyl sites for hydroxylation is 1. The molecule has 0 aromatic carbocycles. The van der Waals surface area contributed by atoms with E-state index in [-0.39, 0.29) is 19.1 Å². The van der Waals surface area contributed by atoms with Gasteiger partial charge in [-0.15, -0.1) is 5.10 Å². The number of carbonyl (C=O) groups is 1. The summed E-state index contributed by atoms with van der Waals surface area (Å²) in [5, 5.41) is 16.1. The van der Waals surface area contributed by atoms with Crippen LogP contribution in [0.2, 0.25) is 0 Å². The van der Waals surface area contributed by atoms with Gasteiger partial charge in [-0.05, 0) is 25.4 Å². The van der Waals surface area contributed by atoms with Crippen molar-refractivity contribution in [3.8, 4) is 0 Å². The monoisotopic (exact) mass is 245 g/mol. The summed E-state index contributed by atoms with van der Waals surface area (Å²) in [5.74, 6) is -0.274. The first-order chi connectivity index (χ1) is 7.46. The second kappa shape index (κ2) is 5.33. The number of rotatable bonds is 5. The summed E-state index contributed by atoms with van der Waals surface area (Å²) < 4.78 is 8.50. The van der Waals surface area contributed by atoms with Gasteiger partial charge in [-0.3, -0.25) is 4.79 Å². The first kappa shape index (κ1) is 13.0. The van der Waals surface area contributed by atoms with Gasteiger partial charge in [0.05, 0.1) is 12.3 Å². The number of nitrogens with one attached hydrogen (secondary N) is 1. The van der Waals surface area contributed by atoms with E-state index >= 15 is 0 Å². The molecular weight excluding hydrogens is 230 g/mol. The smallest absolute Gasteiger partial charge is 0.265 e. The molecule has 0 aliphatic heterocycles. The SMILES string of the molecule is COC[C@](C)(O)CNC(=O)c1snnc1C. The zero-order valence-electron chi connectivity index (χ0n) is 9.48. The number of hydrogen-bond donors (Lipinski definition) is 2. The molecule has 1 aromatic heterocycles. The molecule has 0 aliphatic rings. The number of hydrogen-bond acceptors (Lipinski definition) is 6. The Morgan fingerprint density at radius 1 is 1.69 bits per heavy atom. The van der Waals surface area contributed by atoms with Gasteiger partial charge in [-0.1, -0.05) is 4.49 Å². The predicted molar refractivity (Wildman–Crippen MR) is 59.5 cm³/mol. The highest BCUT2D eigenvalue weighted by molar-refractivity contribution is 7.07. The standard InChI is InChI=1S/C9H15N3O3S/c1-6-7(16-12-11-6)8(13)10-4-9(2,14)5-15-3/h14H,4-5H2,1-3H3,(H,10,13)/t9-/m1/s1. The number of amides is 1. The van der Waals surface area contributed by atoms with Crippen LogP contribution >= 0.6 is 11.5 Å². The summed E-state index contributed by atoms with van der Waals surface area (Å²) in [4.78, 5) is 12.1. The normalized spacial score (nSPS) is 14.5. The number of aliphatic hydroxyl groups is 1. The average molecular weight is 245 g/mol. The fourth-order valence-electron chi connectivity index (χ4n) is 1.15. The summed E-state index contributed by atoms with van der Waals surface area (Å²) in [6.45, 7) is 3.59. The molecule has 1 atom stereocenters. The molecule has 90 valence electrons. The van der Waals surface area contributed by atoms with Crippen LogP contribution in [0.25, 0.3) is 0 Å². The molecule has 16 heavy (non-hydrogen) atoms. The second-order valence-electron chi connectivity index (χ2n) is 3.80. The number of methoxy groups -OCH3 is 1. The third-order valence-electron chi connectivity index (χ3n) is 1.94. The van der Waals surface area contributed by atoms with Gasteiger partial charge < -0.3 is 15.2 Å². The highest BCUT2D eigenvalue weighted by Gasteiger charge is 2.22. The maximum Gasteiger partial charge on any atom is 0.265 e. The summed E-state index contributed by atoms with van der Waals surface area (Å²) in [7, 11) is 1.49. The lowest BCUT2D eigenvalue weighted by atomic mass is 10.1. The van der Waals surface area contributed by atoms with Crippen LogP contribution in [0.3, 0.4) is 0 Å². The number of ether oxygens (including phenoxy) is 1. The second-order valence-corrected chi connectivity index (χ2v) is 4.55. The Morgan fingerprint density at radius 2 is 2.38 bits per heavy atom. The minimum absolute atomic E-state index is 0.122. The Labute approximate surface area is 97.8 Å². The van der Waals surface area contributed by atoms with E-state index in [2.05, 4.69) is 14.9 Å². The Hall–Kier alpha value is -1.05. The maximum atomic E-state index is 11.6. The first-order valence-corrected chi connectivity index (χ1v) is 5.52. The third-order valence-corrected chi connectivity index (χ3v) is 2.77. The third kappa shape index (κ3) is 3.51. The van der Waals surface area contributed by atoms with Crippen LogP contribution in [0.1, 0.15) is 22.3 Å². The molecule has 6 nitrogen and oxygen atoms in total. The van der Waals surface area contributed by atoms with Gasteiger partial charge in [-0.25, -0.2) is 0 Å². The molecule has 0 spiro atoms. The fraction of sp³-hybridized carbons (Fsp3) is 0.667. The van der Waals surface area contributed by atoms with Crippen LogP contribution in [0.5, 0.6) is 0 Å². The Balaban J connectivity index is 2.51. The largest absolute Gasteiger partial charge is 0.386 e. The zero-order chi connectivity index (χ0) is 12.2. The van der Waals surface area contributed by atoms with E-state index in [9.17, 15) is 9.90 Å². The van der Waals surface area contributed by atoms with Gasteiger partial charge in [0.2, 0.25) is 0 Å². The van der Waals surface area contributed by atoms with Crippen LogP contribution in [0, 0.1) is 6.92 Å². The molecule has 0 aliphatic carbocycles. The molecule has 2 N–H and O–H groups in total. The summed E-state index contributed by atoms with van der Waals surface area (Å²) >= 11 is 1.04. The summed E-state index contributed by atoms with van der Waals surface area (Å²) in [6, 6.07) is 0. The van der Waals surface area contributed by atoms with Gasteiger partial charge in [0.25, 0.3) is 5.91 Å². The molecule has 1 amide bonds. The van der Waals surface area contributed by atoms with Gasteiger partial charge >= 0.3 is 0 Å². The maximum absolute atomic E-state index is 11.6. The summed E-state index contributed by atoms with van der Waals surface area (Å²) in [5.41, 5.74) is -0.481. The molecular formula is C9H15N3O3S. The number of aromatic nitrogens is 2. The van der Waals surface area contributed by atoms with E-state index in [4.69, 9.17) is 4.74 Å². The Bertz CT molecular complexity index is 365. The molecule has 0 saturated heterocycles. The zero-order valence-corrected chi connectivity index (χ0v) is 10.3. The molecule has 0 unspecified atom stereocenters. The van der Waals surface area contributed by atoms with Gasteiger partial charge in [0.1, 0.15) is 10.5 Å². The van der Waals surface area contributed by atoms with Crippen molar-refractivity contribution in [2.75, 3.05) is 20.3 Å². The molecule has 1 rings (SSSR count). The van der Waals surface area contributed by atoms with Gasteiger partial charge in [0, 0.05) is 13.7 Å².